The molecule has 1 heterocycles. The van der Waals surface area contributed by atoms with Gasteiger partial charge in [0.05, 0.1) is 11.7 Å². The summed E-state index contributed by atoms with van der Waals surface area (Å²) >= 11 is 0. The monoisotopic (exact) mass is 386 g/mol. The molecule has 2 N–H and O–H groups in total. The van der Waals surface area contributed by atoms with Crippen molar-refractivity contribution in [1.29, 1.82) is 0 Å². The Morgan fingerprint density at radius 2 is 2.11 bits per heavy atom. The summed E-state index contributed by atoms with van der Waals surface area (Å²) in [5.41, 5.74) is -0.0168. The first kappa shape index (κ1) is 17.6. The predicted molar refractivity (Wildman–Crippen MR) is 100 cm³/mol. The number of fused-ring (bicyclic) bond motifs is 6. The van der Waals surface area contributed by atoms with E-state index in [1.54, 1.807) is 0 Å². The number of carbonyl (C=O) groups is 2. The molecular formula is C23H30O5. The molecule has 0 bridgehead atoms. The highest BCUT2D eigenvalue weighted by molar-refractivity contribution is 5.92. The molecule has 1 saturated heterocycles. The van der Waals surface area contributed by atoms with Crippen LogP contribution in [0.15, 0.2) is 11.6 Å². The van der Waals surface area contributed by atoms with Crippen LogP contribution in [0.5, 0.6) is 0 Å². The molecular weight excluding hydrogens is 356 g/mol. The molecule has 152 valence electrons. The third-order valence-corrected chi connectivity index (χ3v) is 10.2. The molecule has 1 aliphatic heterocycles. The van der Waals surface area contributed by atoms with Gasteiger partial charge in [0.1, 0.15) is 5.60 Å². The van der Waals surface area contributed by atoms with Crippen LogP contribution >= 0.6 is 0 Å². The van der Waals surface area contributed by atoms with Crippen LogP contribution in [0.3, 0.4) is 0 Å². The normalized spacial score (nSPS) is 57.9. The van der Waals surface area contributed by atoms with Gasteiger partial charge in [0.2, 0.25) is 0 Å². The van der Waals surface area contributed by atoms with Crippen molar-refractivity contribution in [2.45, 2.75) is 82.5 Å². The summed E-state index contributed by atoms with van der Waals surface area (Å²) in [5, 5.41) is 20.8. The predicted octanol–water partition coefficient (Wildman–Crippen LogP) is 3.10. The summed E-state index contributed by atoms with van der Waals surface area (Å²) in [6.45, 7) is 4.54. The second-order valence-electron chi connectivity index (χ2n) is 11.0. The molecule has 0 aromatic carbocycles. The van der Waals surface area contributed by atoms with Gasteiger partial charge in [-0.3, -0.25) is 9.59 Å². The van der Waals surface area contributed by atoms with Crippen LogP contribution in [0, 0.1) is 34.5 Å². The Morgan fingerprint density at radius 3 is 2.86 bits per heavy atom. The number of ether oxygens (including phenoxy) is 1. The maximum absolute atomic E-state index is 12.1. The van der Waals surface area contributed by atoms with Crippen molar-refractivity contribution in [3.63, 3.8) is 0 Å². The minimum Gasteiger partial charge on any atom is -0.481 e. The summed E-state index contributed by atoms with van der Waals surface area (Å²) < 4.78 is 6.62. The number of hydrogen-bond acceptors (Lipinski definition) is 4. The van der Waals surface area contributed by atoms with Gasteiger partial charge in [-0.1, -0.05) is 19.4 Å². The Balaban J connectivity index is 1.40. The Kier molecular flexibility index (Phi) is 3.10. The summed E-state index contributed by atoms with van der Waals surface area (Å²) in [7, 11) is 0. The summed E-state index contributed by atoms with van der Waals surface area (Å²) in [5.74, 6) is 1.36. The topological polar surface area (TPSA) is 87.1 Å². The first-order chi connectivity index (χ1) is 13.2. The quantitative estimate of drug-likeness (QED) is 0.728. The SMILES string of the molecule is CC12C[C@@H]3O[C@@]34[C@@H](C3CC3C3=CC(=O)CC[C@@]34C)C1CC[C@@]2(O)CCC(=O)O. The lowest BCUT2D eigenvalue weighted by atomic mass is 9.46. The molecule has 0 amide bonds. The van der Waals surface area contributed by atoms with Gasteiger partial charge >= 0.3 is 5.97 Å². The number of epoxide rings is 1. The van der Waals surface area contributed by atoms with E-state index in [1.807, 2.05) is 6.08 Å². The van der Waals surface area contributed by atoms with Gasteiger partial charge in [0, 0.05) is 23.7 Å². The van der Waals surface area contributed by atoms with Gasteiger partial charge in [0.25, 0.3) is 0 Å². The molecule has 9 atom stereocenters. The molecule has 6 aliphatic rings. The van der Waals surface area contributed by atoms with Gasteiger partial charge in [-0.05, 0) is 68.3 Å². The average molecular weight is 386 g/mol. The molecule has 0 radical (unpaired) electrons. The van der Waals surface area contributed by atoms with E-state index in [9.17, 15) is 19.8 Å². The number of carboxylic acids is 1. The molecule has 5 fully saturated rings. The fourth-order valence-corrected chi connectivity index (χ4v) is 8.66. The molecule has 4 saturated carbocycles. The molecule has 6 rings (SSSR count). The molecule has 0 aromatic heterocycles. The second kappa shape index (κ2) is 4.92. The maximum Gasteiger partial charge on any atom is 0.303 e. The highest BCUT2D eigenvalue weighted by Gasteiger charge is 2.84. The number of rotatable bonds is 3. The lowest BCUT2D eigenvalue weighted by molar-refractivity contribution is -0.144. The lowest BCUT2D eigenvalue weighted by Gasteiger charge is -2.56. The van der Waals surface area contributed by atoms with E-state index in [0.29, 0.717) is 42.9 Å². The zero-order valence-corrected chi connectivity index (χ0v) is 16.7. The Labute approximate surface area is 165 Å². The number of carbonyl (C=O) groups excluding carboxylic acids is 1. The van der Waals surface area contributed by atoms with Crippen LogP contribution in [0.2, 0.25) is 0 Å². The van der Waals surface area contributed by atoms with Crippen molar-refractivity contribution in [3.05, 3.63) is 11.6 Å². The van der Waals surface area contributed by atoms with E-state index < -0.39 is 11.6 Å². The van der Waals surface area contributed by atoms with E-state index in [4.69, 9.17) is 4.74 Å². The Morgan fingerprint density at radius 1 is 1.32 bits per heavy atom. The average Bonchev–Trinajstić information content (AvgIpc) is 3.52. The number of hydrogen-bond donors (Lipinski definition) is 2. The first-order valence-electron chi connectivity index (χ1n) is 11.0. The van der Waals surface area contributed by atoms with E-state index >= 15 is 0 Å². The summed E-state index contributed by atoms with van der Waals surface area (Å²) in [4.78, 5) is 23.3. The molecule has 4 unspecified atom stereocenters. The van der Waals surface area contributed by atoms with Gasteiger partial charge in [0.15, 0.2) is 5.78 Å². The first-order valence-corrected chi connectivity index (χ1v) is 11.0. The summed E-state index contributed by atoms with van der Waals surface area (Å²) in [6, 6.07) is 0. The lowest BCUT2D eigenvalue weighted by Crippen LogP contribution is -2.60. The van der Waals surface area contributed by atoms with E-state index in [-0.39, 0.29) is 34.7 Å². The number of aliphatic hydroxyl groups is 1. The third kappa shape index (κ3) is 1.78. The smallest absolute Gasteiger partial charge is 0.303 e. The number of aliphatic carboxylic acids is 1. The van der Waals surface area contributed by atoms with Crippen molar-refractivity contribution in [2.24, 2.45) is 34.5 Å². The van der Waals surface area contributed by atoms with Crippen LogP contribution in [0.1, 0.15) is 65.2 Å². The zero-order valence-electron chi connectivity index (χ0n) is 16.7. The van der Waals surface area contributed by atoms with Crippen molar-refractivity contribution in [2.75, 3.05) is 0 Å². The van der Waals surface area contributed by atoms with Crippen molar-refractivity contribution >= 4 is 11.8 Å². The Hall–Kier alpha value is -1.20. The van der Waals surface area contributed by atoms with E-state index in [2.05, 4.69) is 13.8 Å². The van der Waals surface area contributed by atoms with Crippen molar-refractivity contribution in [3.8, 4) is 0 Å². The molecule has 5 heteroatoms. The second-order valence-corrected chi connectivity index (χ2v) is 11.0. The van der Waals surface area contributed by atoms with E-state index in [0.717, 1.165) is 25.7 Å². The highest BCUT2D eigenvalue weighted by atomic mass is 16.6. The fraction of sp³-hybridized carbons (Fsp3) is 0.826. The van der Waals surface area contributed by atoms with Crippen LogP contribution < -0.4 is 0 Å². The molecule has 1 spiro atoms. The van der Waals surface area contributed by atoms with Gasteiger partial charge in [-0.25, -0.2) is 0 Å². The molecule has 5 nitrogen and oxygen atoms in total. The fourth-order valence-electron chi connectivity index (χ4n) is 8.66. The third-order valence-electron chi connectivity index (χ3n) is 10.2. The standard InChI is InChI=1S/C23H30O5/c1-20-6-3-12(24)9-16(20)13-10-14(13)19-15-4-7-22(27,8-5-18(25)26)21(15,2)11-17-23(19,20)28-17/h9,13-15,17,19,27H,3-8,10-11H2,1-2H3,(H,25,26)/t13?,14?,15?,17-,19-,20-,21?,22+,23+/m0/s1. The largest absolute Gasteiger partial charge is 0.481 e. The molecule has 5 aliphatic carbocycles. The van der Waals surface area contributed by atoms with Crippen LogP contribution in [-0.4, -0.2) is 39.3 Å². The van der Waals surface area contributed by atoms with Crippen molar-refractivity contribution in [1.82, 2.24) is 0 Å². The van der Waals surface area contributed by atoms with Gasteiger partial charge in [-0.2, -0.15) is 0 Å². The van der Waals surface area contributed by atoms with Gasteiger partial charge in [-0.15, -0.1) is 0 Å². The minimum atomic E-state index is -0.905. The maximum atomic E-state index is 12.1. The van der Waals surface area contributed by atoms with Crippen LogP contribution in [0.25, 0.3) is 0 Å². The van der Waals surface area contributed by atoms with Crippen molar-refractivity contribution < 1.29 is 24.5 Å². The number of carboxylic acid groups (broad SMARTS) is 1. The zero-order chi connectivity index (χ0) is 19.7. The molecule has 0 aromatic rings. The number of ketones is 1. The van der Waals surface area contributed by atoms with Crippen LogP contribution in [-0.2, 0) is 14.3 Å². The summed E-state index contributed by atoms with van der Waals surface area (Å²) in [6.07, 6.45) is 7.59. The van der Waals surface area contributed by atoms with Gasteiger partial charge < -0.3 is 14.9 Å². The minimum absolute atomic E-state index is 0.0267. The molecule has 28 heavy (non-hydrogen) atoms. The van der Waals surface area contributed by atoms with E-state index in [1.165, 1.54) is 5.57 Å². The highest BCUT2D eigenvalue weighted by Crippen LogP contribution is 2.82. The Bertz CT molecular complexity index is 833. The van der Waals surface area contributed by atoms with Crippen LogP contribution in [0.4, 0.5) is 0 Å².